The number of benzene rings is 1. The molecular formula is C17H11Cl2F2N3O3S. The summed E-state index contributed by atoms with van der Waals surface area (Å²) in [7, 11) is 0. The minimum atomic E-state index is -3.67. The first-order valence-corrected chi connectivity index (χ1v) is 9.43. The van der Waals surface area contributed by atoms with Crippen LogP contribution in [-0.2, 0) is 0 Å². The van der Waals surface area contributed by atoms with Crippen LogP contribution in [-0.4, -0.2) is 22.7 Å². The molecule has 1 aromatic heterocycles. The van der Waals surface area contributed by atoms with Gasteiger partial charge in [-0.25, -0.2) is 0 Å². The van der Waals surface area contributed by atoms with Crippen LogP contribution in [0, 0.1) is 6.92 Å². The molecule has 28 heavy (non-hydrogen) atoms. The zero-order valence-corrected chi connectivity index (χ0v) is 16.4. The van der Waals surface area contributed by atoms with Gasteiger partial charge in [0.05, 0.1) is 0 Å². The zero-order chi connectivity index (χ0) is 20.1. The first kappa shape index (κ1) is 19.0. The van der Waals surface area contributed by atoms with Crippen molar-refractivity contribution in [3.63, 3.8) is 0 Å². The lowest BCUT2D eigenvalue weighted by Crippen LogP contribution is -2.43. The molecule has 1 aromatic carbocycles. The van der Waals surface area contributed by atoms with Crippen LogP contribution in [0.15, 0.2) is 30.5 Å². The van der Waals surface area contributed by atoms with E-state index in [1.165, 1.54) is 12.1 Å². The van der Waals surface area contributed by atoms with Crippen molar-refractivity contribution in [2.75, 3.05) is 0 Å². The van der Waals surface area contributed by atoms with Gasteiger partial charge in [-0.1, -0.05) is 29.3 Å². The van der Waals surface area contributed by atoms with Gasteiger partial charge in [0.15, 0.2) is 17.2 Å². The Morgan fingerprint density at radius 1 is 1.32 bits per heavy atom. The van der Waals surface area contributed by atoms with E-state index in [-0.39, 0.29) is 26.6 Å². The summed E-state index contributed by atoms with van der Waals surface area (Å²) in [6.45, 7) is 1.77. The molecule has 6 nitrogen and oxygen atoms in total. The SMILES string of the molecule is Cc1cc2c(cc1C1=CNC(NC(=O)c3nsc(Cl)c3Cl)C=C1)OC(F)(F)O2. The summed E-state index contributed by atoms with van der Waals surface area (Å²) in [4.78, 5) is 12.2. The topological polar surface area (TPSA) is 72.5 Å². The van der Waals surface area contributed by atoms with Crippen LogP contribution < -0.4 is 20.1 Å². The number of hydrogen-bond donors (Lipinski definition) is 2. The van der Waals surface area contributed by atoms with Gasteiger partial charge in [0, 0.05) is 6.20 Å². The molecule has 2 aromatic rings. The van der Waals surface area contributed by atoms with E-state index in [9.17, 15) is 13.6 Å². The lowest BCUT2D eigenvalue weighted by Gasteiger charge is -2.20. The molecule has 146 valence electrons. The second-order valence-electron chi connectivity index (χ2n) is 5.98. The van der Waals surface area contributed by atoms with Gasteiger partial charge in [-0.05, 0) is 53.4 Å². The molecule has 0 fully saturated rings. The van der Waals surface area contributed by atoms with Crippen molar-refractivity contribution >= 4 is 46.2 Å². The van der Waals surface area contributed by atoms with E-state index < -0.39 is 18.4 Å². The minimum absolute atomic E-state index is 0.0106. The van der Waals surface area contributed by atoms with Crippen molar-refractivity contribution in [2.24, 2.45) is 0 Å². The molecule has 0 aliphatic carbocycles. The average molecular weight is 446 g/mol. The zero-order valence-electron chi connectivity index (χ0n) is 14.1. The molecule has 2 N–H and O–H groups in total. The molecule has 1 atom stereocenters. The number of nitrogens with zero attached hydrogens (tertiary/aromatic N) is 1. The standard InChI is InChI=1S/C17H11Cl2F2N3O3S/c1-7-4-10-11(27-17(20,21)26-10)5-9(7)8-2-3-12(22-6-8)23-16(25)14-13(18)15(19)28-24-14/h2-6,12,22H,1H3,(H,23,25). The molecule has 0 spiro atoms. The number of nitrogens with one attached hydrogen (secondary N) is 2. The van der Waals surface area contributed by atoms with Crippen molar-refractivity contribution in [1.82, 2.24) is 15.0 Å². The van der Waals surface area contributed by atoms with Gasteiger partial charge in [0.2, 0.25) is 0 Å². The quantitative estimate of drug-likeness (QED) is 0.735. The Hall–Kier alpha value is -2.36. The highest BCUT2D eigenvalue weighted by molar-refractivity contribution is 7.11. The smallest absolute Gasteiger partial charge is 0.395 e. The number of fused-ring (bicyclic) bond motifs is 1. The maximum absolute atomic E-state index is 13.2. The fourth-order valence-corrected chi connectivity index (χ4v) is 3.76. The Labute approximate surface area is 171 Å². The van der Waals surface area contributed by atoms with Gasteiger partial charge in [-0.15, -0.1) is 8.78 Å². The van der Waals surface area contributed by atoms with E-state index in [1.54, 1.807) is 25.3 Å². The Kier molecular flexibility index (Phi) is 4.68. The van der Waals surface area contributed by atoms with Crippen LogP contribution >= 0.6 is 34.7 Å². The number of carbonyl (C=O) groups is 1. The Morgan fingerprint density at radius 3 is 2.64 bits per heavy atom. The molecule has 0 bridgehead atoms. The van der Waals surface area contributed by atoms with Gasteiger partial charge in [0.25, 0.3) is 5.91 Å². The van der Waals surface area contributed by atoms with Crippen molar-refractivity contribution in [3.8, 4) is 11.5 Å². The van der Waals surface area contributed by atoms with Crippen LogP contribution in [0.4, 0.5) is 8.78 Å². The van der Waals surface area contributed by atoms with Crippen LogP contribution in [0.2, 0.25) is 9.36 Å². The van der Waals surface area contributed by atoms with E-state index in [0.29, 0.717) is 5.56 Å². The number of amides is 1. The fraction of sp³-hybridized carbons (Fsp3) is 0.176. The number of hydrogen-bond acceptors (Lipinski definition) is 6. The maximum atomic E-state index is 13.2. The lowest BCUT2D eigenvalue weighted by atomic mass is 9.98. The number of carbonyl (C=O) groups excluding carboxylic acids is 1. The Morgan fingerprint density at radius 2 is 2.04 bits per heavy atom. The summed E-state index contributed by atoms with van der Waals surface area (Å²) in [6.07, 6.45) is 0.931. The number of ether oxygens (including phenoxy) is 2. The highest BCUT2D eigenvalue weighted by atomic mass is 35.5. The van der Waals surface area contributed by atoms with Crippen LogP contribution in [0.1, 0.15) is 21.6 Å². The largest absolute Gasteiger partial charge is 0.586 e. The van der Waals surface area contributed by atoms with Gasteiger partial charge < -0.3 is 20.1 Å². The third-order valence-corrected chi connectivity index (χ3v) is 5.66. The van der Waals surface area contributed by atoms with Gasteiger partial charge >= 0.3 is 6.29 Å². The van der Waals surface area contributed by atoms with E-state index in [0.717, 1.165) is 22.7 Å². The summed E-state index contributed by atoms with van der Waals surface area (Å²) < 4.78 is 39.6. The average Bonchev–Trinajstić information content (AvgIpc) is 3.12. The number of rotatable bonds is 3. The van der Waals surface area contributed by atoms with E-state index >= 15 is 0 Å². The van der Waals surface area contributed by atoms with Gasteiger partial charge in [-0.2, -0.15) is 4.37 Å². The molecule has 0 radical (unpaired) electrons. The predicted molar refractivity (Wildman–Crippen MR) is 101 cm³/mol. The monoisotopic (exact) mass is 445 g/mol. The van der Waals surface area contributed by atoms with Crippen molar-refractivity contribution in [1.29, 1.82) is 0 Å². The van der Waals surface area contributed by atoms with E-state index in [4.69, 9.17) is 23.2 Å². The lowest BCUT2D eigenvalue weighted by molar-refractivity contribution is -0.286. The predicted octanol–water partition coefficient (Wildman–Crippen LogP) is 4.34. The number of halogens is 4. The summed E-state index contributed by atoms with van der Waals surface area (Å²) >= 11 is 12.7. The van der Waals surface area contributed by atoms with Crippen molar-refractivity contribution in [3.05, 3.63) is 56.7 Å². The van der Waals surface area contributed by atoms with E-state index in [2.05, 4.69) is 24.5 Å². The molecule has 0 saturated heterocycles. The minimum Gasteiger partial charge on any atom is -0.395 e. The Bertz CT molecular complexity index is 1040. The van der Waals surface area contributed by atoms with Crippen molar-refractivity contribution < 1.29 is 23.0 Å². The molecule has 11 heteroatoms. The molecule has 1 amide bonds. The first-order valence-electron chi connectivity index (χ1n) is 7.90. The summed E-state index contributed by atoms with van der Waals surface area (Å²) in [6, 6.07) is 2.97. The highest BCUT2D eigenvalue weighted by Gasteiger charge is 2.43. The first-order chi connectivity index (χ1) is 13.2. The van der Waals surface area contributed by atoms with Gasteiger partial charge in [-0.3, -0.25) is 4.79 Å². The number of dihydropyridines is 1. The number of aromatic nitrogens is 1. The molecular weight excluding hydrogens is 435 g/mol. The van der Waals surface area contributed by atoms with Crippen LogP contribution in [0.5, 0.6) is 11.5 Å². The number of allylic oxidation sites excluding steroid dienone is 2. The second kappa shape index (κ2) is 6.91. The Balaban J connectivity index is 1.48. The normalized spacial score (nSPS) is 19.2. The summed E-state index contributed by atoms with van der Waals surface area (Å²) in [5.41, 5.74) is 2.18. The third-order valence-electron chi connectivity index (χ3n) is 4.05. The van der Waals surface area contributed by atoms with E-state index in [1.807, 2.05) is 0 Å². The number of aryl methyl sites for hydroxylation is 1. The fourth-order valence-electron chi connectivity index (χ4n) is 2.76. The molecule has 1 unspecified atom stereocenters. The van der Waals surface area contributed by atoms with Crippen molar-refractivity contribution in [2.45, 2.75) is 19.4 Å². The van der Waals surface area contributed by atoms with Gasteiger partial charge in [0.1, 0.15) is 15.5 Å². The molecule has 4 rings (SSSR count). The second-order valence-corrected chi connectivity index (χ2v) is 7.73. The maximum Gasteiger partial charge on any atom is 0.586 e. The molecule has 2 aliphatic heterocycles. The number of alkyl halides is 2. The molecule has 3 heterocycles. The molecule has 0 saturated carbocycles. The third kappa shape index (κ3) is 3.52. The molecule has 2 aliphatic rings. The summed E-state index contributed by atoms with van der Waals surface area (Å²) in [5.74, 6) is -0.525. The van der Waals surface area contributed by atoms with Crippen LogP contribution in [0.25, 0.3) is 5.57 Å². The summed E-state index contributed by atoms with van der Waals surface area (Å²) in [5, 5.41) is 5.81. The van der Waals surface area contributed by atoms with Crippen LogP contribution in [0.3, 0.4) is 0 Å². The highest BCUT2D eigenvalue weighted by Crippen LogP contribution is 2.43.